The van der Waals surface area contributed by atoms with Crippen LogP contribution in [0.1, 0.15) is 25.8 Å². The molecule has 0 radical (unpaired) electrons. The van der Waals surface area contributed by atoms with Crippen LogP contribution in [0.4, 0.5) is 5.69 Å². The second kappa shape index (κ2) is 8.94. The van der Waals surface area contributed by atoms with Crippen LogP contribution in [0.25, 0.3) is 0 Å². The highest BCUT2D eigenvalue weighted by Crippen LogP contribution is 2.15. The Morgan fingerprint density at radius 3 is 2.11 bits per heavy atom. The SMILES string of the molecule is CCN(CC)CCN(CCCN)c1ccc(C)cc1. The Hall–Kier alpha value is -1.06. The van der Waals surface area contributed by atoms with Crippen LogP contribution in [0.15, 0.2) is 24.3 Å². The number of nitrogens with zero attached hydrogens (tertiary/aromatic N) is 2. The molecule has 0 amide bonds. The highest BCUT2D eigenvalue weighted by atomic mass is 15.2. The van der Waals surface area contributed by atoms with Crippen LogP contribution >= 0.6 is 0 Å². The van der Waals surface area contributed by atoms with Crippen molar-refractivity contribution in [2.24, 2.45) is 5.73 Å². The molecular weight excluding hydrogens is 234 g/mol. The van der Waals surface area contributed by atoms with Crippen LogP contribution in [-0.4, -0.2) is 44.2 Å². The van der Waals surface area contributed by atoms with Crippen LogP contribution in [-0.2, 0) is 0 Å². The third-order valence-corrected chi connectivity index (χ3v) is 3.61. The minimum Gasteiger partial charge on any atom is -0.370 e. The van der Waals surface area contributed by atoms with Gasteiger partial charge in [0.2, 0.25) is 0 Å². The fourth-order valence-electron chi connectivity index (χ4n) is 2.21. The Morgan fingerprint density at radius 1 is 0.947 bits per heavy atom. The molecular formula is C16H29N3. The highest BCUT2D eigenvalue weighted by molar-refractivity contribution is 5.47. The molecule has 0 aliphatic rings. The first-order chi connectivity index (χ1) is 9.21. The third kappa shape index (κ3) is 5.62. The van der Waals surface area contributed by atoms with Crippen molar-refractivity contribution in [3.63, 3.8) is 0 Å². The smallest absolute Gasteiger partial charge is 0.0366 e. The number of likely N-dealkylation sites (N-methyl/N-ethyl adjacent to an activating group) is 1. The van der Waals surface area contributed by atoms with Crippen LogP contribution in [0, 0.1) is 6.92 Å². The number of nitrogens with two attached hydrogens (primary N) is 1. The van der Waals surface area contributed by atoms with Gasteiger partial charge in [0, 0.05) is 25.3 Å². The molecule has 108 valence electrons. The first-order valence-corrected chi connectivity index (χ1v) is 7.45. The number of benzene rings is 1. The summed E-state index contributed by atoms with van der Waals surface area (Å²) in [5.41, 5.74) is 8.27. The third-order valence-electron chi connectivity index (χ3n) is 3.61. The van der Waals surface area contributed by atoms with Gasteiger partial charge in [-0.2, -0.15) is 0 Å². The Labute approximate surface area is 118 Å². The molecule has 0 fully saturated rings. The Bertz CT molecular complexity index is 330. The number of anilines is 1. The summed E-state index contributed by atoms with van der Waals surface area (Å²) in [5.74, 6) is 0. The van der Waals surface area contributed by atoms with Gasteiger partial charge in [0.25, 0.3) is 0 Å². The summed E-state index contributed by atoms with van der Waals surface area (Å²) in [6.07, 6.45) is 1.05. The maximum absolute atomic E-state index is 5.65. The fraction of sp³-hybridized carbons (Fsp3) is 0.625. The van der Waals surface area contributed by atoms with E-state index in [1.54, 1.807) is 0 Å². The van der Waals surface area contributed by atoms with Crippen LogP contribution in [0.3, 0.4) is 0 Å². The predicted octanol–water partition coefficient (Wildman–Crippen LogP) is 2.49. The Kier molecular flexibility index (Phi) is 7.53. The van der Waals surface area contributed by atoms with E-state index >= 15 is 0 Å². The summed E-state index contributed by atoms with van der Waals surface area (Å²) in [6, 6.07) is 8.80. The van der Waals surface area contributed by atoms with Gasteiger partial charge in [0.1, 0.15) is 0 Å². The zero-order valence-corrected chi connectivity index (χ0v) is 12.7. The van der Waals surface area contributed by atoms with Gasteiger partial charge in [-0.3, -0.25) is 0 Å². The maximum Gasteiger partial charge on any atom is 0.0366 e. The maximum atomic E-state index is 5.65. The second-order valence-corrected chi connectivity index (χ2v) is 4.99. The van der Waals surface area contributed by atoms with Gasteiger partial charge in [-0.1, -0.05) is 31.5 Å². The van der Waals surface area contributed by atoms with Gasteiger partial charge < -0.3 is 15.5 Å². The van der Waals surface area contributed by atoms with E-state index in [4.69, 9.17) is 5.73 Å². The zero-order chi connectivity index (χ0) is 14.1. The Morgan fingerprint density at radius 2 is 1.58 bits per heavy atom. The van der Waals surface area contributed by atoms with Gasteiger partial charge in [-0.05, 0) is 45.1 Å². The molecule has 1 aromatic carbocycles. The fourth-order valence-corrected chi connectivity index (χ4v) is 2.21. The van der Waals surface area contributed by atoms with Crippen LogP contribution in [0.5, 0.6) is 0 Å². The zero-order valence-electron chi connectivity index (χ0n) is 12.7. The molecule has 0 atom stereocenters. The highest BCUT2D eigenvalue weighted by Gasteiger charge is 2.07. The van der Waals surface area contributed by atoms with Crippen molar-refractivity contribution in [3.8, 4) is 0 Å². The van der Waals surface area contributed by atoms with E-state index in [1.807, 2.05) is 0 Å². The molecule has 19 heavy (non-hydrogen) atoms. The molecule has 0 aliphatic heterocycles. The van der Waals surface area contributed by atoms with Crippen LogP contribution < -0.4 is 10.6 Å². The quantitative estimate of drug-likeness (QED) is 0.743. The molecule has 0 bridgehead atoms. The van der Waals surface area contributed by atoms with Crippen molar-refractivity contribution in [1.82, 2.24) is 4.90 Å². The molecule has 2 N–H and O–H groups in total. The summed E-state index contributed by atoms with van der Waals surface area (Å²) in [5, 5.41) is 0. The number of hydrogen-bond donors (Lipinski definition) is 1. The molecule has 0 saturated heterocycles. The molecule has 3 nitrogen and oxygen atoms in total. The minimum atomic E-state index is 0.758. The van der Waals surface area contributed by atoms with E-state index in [-0.39, 0.29) is 0 Å². The van der Waals surface area contributed by atoms with E-state index in [0.717, 1.165) is 45.7 Å². The normalized spacial score (nSPS) is 11.0. The summed E-state index contributed by atoms with van der Waals surface area (Å²) in [4.78, 5) is 4.91. The molecule has 0 aromatic heterocycles. The molecule has 0 saturated carbocycles. The second-order valence-electron chi connectivity index (χ2n) is 4.99. The van der Waals surface area contributed by atoms with Crippen molar-refractivity contribution < 1.29 is 0 Å². The minimum absolute atomic E-state index is 0.758. The van der Waals surface area contributed by atoms with E-state index < -0.39 is 0 Å². The average molecular weight is 263 g/mol. The molecule has 1 aromatic rings. The van der Waals surface area contributed by atoms with Gasteiger partial charge in [0.05, 0.1) is 0 Å². The Balaban J connectivity index is 2.63. The molecule has 3 heteroatoms. The molecule has 0 unspecified atom stereocenters. The lowest BCUT2D eigenvalue weighted by Crippen LogP contribution is -2.36. The summed E-state index contributed by atoms with van der Waals surface area (Å²) in [6.45, 7) is 12.8. The molecule has 1 rings (SSSR count). The topological polar surface area (TPSA) is 32.5 Å². The lowest BCUT2D eigenvalue weighted by atomic mass is 10.2. The van der Waals surface area contributed by atoms with E-state index in [1.165, 1.54) is 11.3 Å². The van der Waals surface area contributed by atoms with E-state index in [9.17, 15) is 0 Å². The van der Waals surface area contributed by atoms with Gasteiger partial charge in [-0.15, -0.1) is 0 Å². The monoisotopic (exact) mass is 263 g/mol. The first-order valence-electron chi connectivity index (χ1n) is 7.45. The van der Waals surface area contributed by atoms with Crippen molar-refractivity contribution in [3.05, 3.63) is 29.8 Å². The van der Waals surface area contributed by atoms with Crippen molar-refractivity contribution in [1.29, 1.82) is 0 Å². The van der Waals surface area contributed by atoms with E-state index in [2.05, 4.69) is 54.8 Å². The molecule has 0 heterocycles. The number of hydrogen-bond acceptors (Lipinski definition) is 3. The standard InChI is InChI=1S/C16H29N3/c1-4-18(5-2)13-14-19(12-6-11-17)16-9-7-15(3)8-10-16/h7-10H,4-6,11-14,17H2,1-3H3. The van der Waals surface area contributed by atoms with Gasteiger partial charge in [0.15, 0.2) is 0 Å². The number of rotatable bonds is 9. The van der Waals surface area contributed by atoms with Crippen molar-refractivity contribution in [2.45, 2.75) is 27.2 Å². The van der Waals surface area contributed by atoms with Crippen LogP contribution in [0.2, 0.25) is 0 Å². The predicted molar refractivity (Wildman–Crippen MR) is 84.9 cm³/mol. The molecule has 0 spiro atoms. The lowest BCUT2D eigenvalue weighted by Gasteiger charge is -2.28. The van der Waals surface area contributed by atoms with E-state index in [0.29, 0.717) is 0 Å². The number of aryl methyl sites for hydroxylation is 1. The van der Waals surface area contributed by atoms with Crippen molar-refractivity contribution >= 4 is 5.69 Å². The lowest BCUT2D eigenvalue weighted by molar-refractivity contribution is 0.309. The summed E-state index contributed by atoms with van der Waals surface area (Å²) >= 11 is 0. The van der Waals surface area contributed by atoms with Gasteiger partial charge in [-0.25, -0.2) is 0 Å². The first kappa shape index (κ1) is 16.0. The van der Waals surface area contributed by atoms with Crippen molar-refractivity contribution in [2.75, 3.05) is 44.2 Å². The average Bonchev–Trinajstić information content (AvgIpc) is 2.44. The summed E-state index contributed by atoms with van der Waals surface area (Å²) in [7, 11) is 0. The molecule has 0 aliphatic carbocycles. The largest absolute Gasteiger partial charge is 0.370 e. The summed E-state index contributed by atoms with van der Waals surface area (Å²) < 4.78 is 0. The van der Waals surface area contributed by atoms with Gasteiger partial charge >= 0.3 is 0 Å².